The fourth-order valence-electron chi connectivity index (χ4n) is 4.24. The fourth-order valence-corrected chi connectivity index (χ4v) is 4.24. The van der Waals surface area contributed by atoms with E-state index >= 15 is 0 Å². The van der Waals surface area contributed by atoms with E-state index in [-0.39, 0.29) is 0 Å². The molecule has 1 aliphatic heterocycles. The molecule has 26 heavy (non-hydrogen) atoms. The van der Waals surface area contributed by atoms with Crippen molar-refractivity contribution in [3.8, 4) is 0 Å². The van der Waals surface area contributed by atoms with Crippen molar-refractivity contribution < 1.29 is 0 Å². The Bertz CT molecular complexity index is 735. The molecule has 4 rings (SSSR count). The van der Waals surface area contributed by atoms with Gasteiger partial charge in [-0.15, -0.1) is 0 Å². The Balaban J connectivity index is 1.20. The molecule has 2 heterocycles. The molecule has 1 fully saturated rings. The second-order valence-corrected chi connectivity index (χ2v) is 7.64. The first-order valence-electron chi connectivity index (χ1n) is 10.0. The molecule has 1 aliphatic carbocycles. The summed E-state index contributed by atoms with van der Waals surface area (Å²) in [6.07, 6.45) is 10.1. The zero-order chi connectivity index (χ0) is 17.8. The van der Waals surface area contributed by atoms with Gasteiger partial charge in [-0.25, -0.2) is 0 Å². The molecule has 0 unspecified atom stereocenters. The number of aryl methyl sites for hydroxylation is 3. The molecule has 0 radical (unpaired) electrons. The lowest BCUT2D eigenvalue weighted by Gasteiger charge is -2.34. The number of aromatic nitrogens is 1. The number of nitrogens with zero attached hydrogens (tertiary/aromatic N) is 2. The van der Waals surface area contributed by atoms with Crippen LogP contribution >= 0.6 is 0 Å². The number of hydrogen-bond acceptors (Lipinski definition) is 4. The topological polar surface area (TPSA) is 40.2 Å². The number of hydrogen-bond donors (Lipinski definition) is 2. The number of rotatable bonds is 6. The molecule has 2 aliphatic rings. The van der Waals surface area contributed by atoms with Crippen LogP contribution in [0.25, 0.3) is 0 Å². The van der Waals surface area contributed by atoms with Crippen molar-refractivity contribution in [1.82, 2.24) is 10.3 Å². The first-order chi connectivity index (χ1) is 12.8. The molecule has 1 aromatic heterocycles. The van der Waals surface area contributed by atoms with Gasteiger partial charge in [0.25, 0.3) is 0 Å². The second kappa shape index (κ2) is 8.09. The van der Waals surface area contributed by atoms with Gasteiger partial charge in [-0.05, 0) is 73.9 Å². The van der Waals surface area contributed by atoms with Gasteiger partial charge in [0.15, 0.2) is 0 Å². The highest BCUT2D eigenvalue weighted by molar-refractivity contribution is 5.52. The van der Waals surface area contributed by atoms with Crippen LogP contribution in [0.3, 0.4) is 0 Å². The summed E-state index contributed by atoms with van der Waals surface area (Å²) in [5.74, 6) is 0. The SMILES string of the molecule is Cc1cnccc1NCCNC1CCN(c2ccc3c(c2)CCC3)CC1. The third-order valence-corrected chi connectivity index (χ3v) is 5.84. The maximum Gasteiger partial charge on any atom is 0.0401 e. The van der Waals surface area contributed by atoms with Crippen molar-refractivity contribution in [2.75, 3.05) is 36.4 Å². The first kappa shape index (κ1) is 17.3. The van der Waals surface area contributed by atoms with E-state index in [1.54, 1.807) is 11.1 Å². The van der Waals surface area contributed by atoms with Crippen LogP contribution in [-0.4, -0.2) is 37.2 Å². The van der Waals surface area contributed by atoms with Gasteiger partial charge in [0.1, 0.15) is 0 Å². The van der Waals surface area contributed by atoms with Gasteiger partial charge in [-0.2, -0.15) is 0 Å². The van der Waals surface area contributed by atoms with Crippen molar-refractivity contribution in [1.29, 1.82) is 0 Å². The summed E-state index contributed by atoms with van der Waals surface area (Å²) < 4.78 is 0. The molecule has 1 aromatic carbocycles. The van der Waals surface area contributed by atoms with Crippen molar-refractivity contribution >= 4 is 11.4 Å². The van der Waals surface area contributed by atoms with Crippen LogP contribution in [0.1, 0.15) is 36.0 Å². The maximum atomic E-state index is 4.14. The van der Waals surface area contributed by atoms with Crippen molar-refractivity contribution in [3.05, 3.63) is 53.3 Å². The number of piperidine rings is 1. The number of benzene rings is 1. The van der Waals surface area contributed by atoms with E-state index in [0.29, 0.717) is 6.04 Å². The summed E-state index contributed by atoms with van der Waals surface area (Å²) in [4.78, 5) is 6.70. The Morgan fingerprint density at radius 1 is 1.08 bits per heavy atom. The first-order valence-corrected chi connectivity index (χ1v) is 10.0. The standard InChI is InChI=1S/C22H30N4/c1-17-16-23-10-7-22(17)25-12-11-24-20-8-13-26(14-9-20)21-6-5-18-3-2-4-19(18)15-21/h5-7,10,15-16,20,24H,2-4,8-9,11-14H2,1H3,(H,23,25). The van der Waals surface area contributed by atoms with Crippen LogP contribution in [-0.2, 0) is 12.8 Å². The molecular weight excluding hydrogens is 320 g/mol. The van der Waals surface area contributed by atoms with E-state index in [0.717, 1.165) is 26.2 Å². The van der Waals surface area contributed by atoms with Gasteiger partial charge in [0.05, 0.1) is 0 Å². The minimum absolute atomic E-state index is 0.640. The molecule has 138 valence electrons. The molecule has 0 saturated carbocycles. The minimum atomic E-state index is 0.640. The Kier molecular flexibility index (Phi) is 5.40. The maximum absolute atomic E-state index is 4.14. The van der Waals surface area contributed by atoms with Crippen molar-refractivity contribution in [2.24, 2.45) is 0 Å². The van der Waals surface area contributed by atoms with Gasteiger partial charge in [0, 0.05) is 56.0 Å². The monoisotopic (exact) mass is 350 g/mol. The Hall–Kier alpha value is -2.07. The van der Waals surface area contributed by atoms with Gasteiger partial charge in [-0.1, -0.05) is 6.07 Å². The van der Waals surface area contributed by atoms with Crippen molar-refractivity contribution in [2.45, 2.75) is 45.1 Å². The molecule has 0 atom stereocenters. The highest BCUT2D eigenvalue weighted by Gasteiger charge is 2.20. The van der Waals surface area contributed by atoms with Crippen LogP contribution in [0.5, 0.6) is 0 Å². The summed E-state index contributed by atoms with van der Waals surface area (Å²) in [5.41, 5.74) is 6.98. The lowest BCUT2D eigenvalue weighted by Crippen LogP contribution is -2.43. The molecule has 0 amide bonds. The lowest BCUT2D eigenvalue weighted by atomic mass is 10.0. The van der Waals surface area contributed by atoms with E-state index in [2.05, 4.69) is 45.6 Å². The molecule has 2 aromatic rings. The zero-order valence-electron chi connectivity index (χ0n) is 15.8. The van der Waals surface area contributed by atoms with Crippen LogP contribution in [0.4, 0.5) is 11.4 Å². The summed E-state index contributed by atoms with van der Waals surface area (Å²) in [6.45, 7) is 6.37. The van der Waals surface area contributed by atoms with Crippen molar-refractivity contribution in [3.63, 3.8) is 0 Å². The molecule has 4 nitrogen and oxygen atoms in total. The van der Waals surface area contributed by atoms with Crippen LogP contribution in [0.2, 0.25) is 0 Å². The summed E-state index contributed by atoms with van der Waals surface area (Å²) in [5, 5.41) is 7.22. The van der Waals surface area contributed by atoms with Gasteiger partial charge in [-0.3, -0.25) is 4.98 Å². The van der Waals surface area contributed by atoms with Gasteiger partial charge in [0.2, 0.25) is 0 Å². The average Bonchev–Trinajstić information content (AvgIpc) is 3.15. The van der Waals surface area contributed by atoms with E-state index in [1.807, 2.05) is 18.5 Å². The third-order valence-electron chi connectivity index (χ3n) is 5.84. The quantitative estimate of drug-likeness (QED) is 0.782. The summed E-state index contributed by atoms with van der Waals surface area (Å²) >= 11 is 0. The highest BCUT2D eigenvalue weighted by atomic mass is 15.1. The smallest absolute Gasteiger partial charge is 0.0401 e. The Morgan fingerprint density at radius 3 is 2.77 bits per heavy atom. The zero-order valence-corrected chi connectivity index (χ0v) is 15.8. The minimum Gasteiger partial charge on any atom is -0.383 e. The molecule has 2 N–H and O–H groups in total. The fraction of sp³-hybridized carbons (Fsp3) is 0.500. The van der Waals surface area contributed by atoms with Gasteiger partial charge >= 0.3 is 0 Å². The predicted molar refractivity (Wildman–Crippen MR) is 109 cm³/mol. The molecule has 0 bridgehead atoms. The predicted octanol–water partition coefficient (Wildman–Crippen LogP) is 3.55. The molecular formula is C22H30N4. The summed E-state index contributed by atoms with van der Waals surface area (Å²) in [6, 6.07) is 9.82. The van der Waals surface area contributed by atoms with Gasteiger partial charge < -0.3 is 15.5 Å². The van der Waals surface area contributed by atoms with E-state index in [9.17, 15) is 0 Å². The van der Waals surface area contributed by atoms with E-state index in [4.69, 9.17) is 0 Å². The number of pyridine rings is 1. The van der Waals surface area contributed by atoms with Crippen LogP contribution in [0, 0.1) is 6.92 Å². The highest BCUT2D eigenvalue weighted by Crippen LogP contribution is 2.28. The number of nitrogens with one attached hydrogen (secondary N) is 2. The average molecular weight is 351 g/mol. The van der Waals surface area contributed by atoms with E-state index in [1.165, 1.54) is 49.0 Å². The van der Waals surface area contributed by atoms with Crippen LogP contribution < -0.4 is 15.5 Å². The lowest BCUT2D eigenvalue weighted by molar-refractivity contribution is 0.421. The molecule has 1 saturated heterocycles. The number of fused-ring (bicyclic) bond motifs is 1. The Morgan fingerprint density at radius 2 is 1.92 bits per heavy atom. The normalized spacial score (nSPS) is 17.3. The third kappa shape index (κ3) is 4.01. The van der Waals surface area contributed by atoms with E-state index < -0.39 is 0 Å². The molecule has 4 heteroatoms. The largest absolute Gasteiger partial charge is 0.383 e. The Labute approximate surface area is 157 Å². The summed E-state index contributed by atoms with van der Waals surface area (Å²) in [7, 11) is 0. The number of anilines is 2. The van der Waals surface area contributed by atoms with Crippen LogP contribution in [0.15, 0.2) is 36.7 Å². The second-order valence-electron chi connectivity index (χ2n) is 7.64. The molecule has 0 spiro atoms.